The van der Waals surface area contributed by atoms with Gasteiger partial charge in [0.15, 0.2) is 5.43 Å². The molecule has 7 atom stereocenters. The Labute approximate surface area is 696 Å². The lowest BCUT2D eigenvalue weighted by Gasteiger charge is -2.26. The van der Waals surface area contributed by atoms with Crippen LogP contribution in [0.25, 0.3) is 33.4 Å². The normalized spacial score (nSPS) is 12.9. The van der Waals surface area contributed by atoms with Crippen LogP contribution in [0.1, 0.15) is 136 Å². The molecule has 1 heterocycles. The van der Waals surface area contributed by atoms with Gasteiger partial charge in [-0.1, -0.05) is 0 Å². The first-order valence-corrected chi connectivity index (χ1v) is 38.1. The van der Waals surface area contributed by atoms with Gasteiger partial charge in [-0.3, -0.25) is 115 Å². The molecule has 2 aromatic carbocycles. The fourth-order valence-electron chi connectivity index (χ4n) is 13.1. The van der Waals surface area contributed by atoms with Crippen molar-refractivity contribution in [3.05, 3.63) is 75.9 Å². The van der Waals surface area contributed by atoms with Crippen molar-refractivity contribution in [2.24, 2.45) is 0 Å². The third kappa shape index (κ3) is 35.9. The van der Waals surface area contributed by atoms with Gasteiger partial charge in [-0.2, -0.15) is 0 Å². The van der Waals surface area contributed by atoms with E-state index in [1.54, 1.807) is 0 Å². The molecule has 0 bridgehead atoms. The Bertz CT molecular complexity index is 4490. The first-order chi connectivity index (χ1) is 58.0. The van der Waals surface area contributed by atoms with Crippen LogP contribution in [0.3, 0.4) is 0 Å². The molecular formula is C76H97N11O36. The van der Waals surface area contributed by atoms with Crippen LogP contribution < -0.4 is 42.6 Å². The van der Waals surface area contributed by atoms with Crippen molar-refractivity contribution in [2.45, 2.75) is 158 Å². The molecule has 1 aliphatic heterocycles. The lowest BCUT2D eigenvalue weighted by Crippen LogP contribution is -2.54. The number of nitrogens with zero attached hydrogens (tertiary/aromatic N) is 4. The van der Waals surface area contributed by atoms with Gasteiger partial charge in [0.2, 0.25) is 35.4 Å². The Hall–Kier alpha value is -13.8. The zero-order valence-electron chi connectivity index (χ0n) is 66.0. The van der Waals surface area contributed by atoms with Gasteiger partial charge >= 0.3 is 77.6 Å². The van der Waals surface area contributed by atoms with Crippen LogP contribution in [0.2, 0.25) is 0 Å². The highest BCUT2D eigenvalue weighted by atomic mass is 16.4. The molecule has 0 saturated heterocycles. The summed E-state index contributed by atoms with van der Waals surface area (Å²) < 4.78 is 5.93. The van der Waals surface area contributed by atoms with Crippen LogP contribution in [0.5, 0.6) is 5.75 Å². The number of aromatic carboxylic acids is 1. The maximum Gasteiger partial charge on any atom is 0.336 e. The Balaban J connectivity index is 1.79. The predicted molar refractivity (Wildman–Crippen MR) is 417 cm³/mol. The molecule has 0 unspecified atom stereocenters. The molecule has 0 saturated carbocycles. The number of benzene rings is 3. The molecule has 123 heavy (non-hydrogen) atoms. The minimum atomic E-state index is -2.02. The van der Waals surface area contributed by atoms with Crippen molar-refractivity contribution in [3.63, 3.8) is 0 Å². The van der Waals surface area contributed by atoms with Crippen molar-refractivity contribution in [3.8, 4) is 28.2 Å². The SMILES string of the molecule is O=C(O)CN(CC(=O)O)[C@@H](CCCCNC(=O)CC[C@H](NC(=O)CC[C@H](NC(=O)c1ccc(C(=O)O)c(-c2c3ccc(=O)cc-3oc3cc(O)ccc23)c1)C(=O)N[C@@H](CCC(=O)NCCCC[C@@H](C(=O)O)N(CC(=O)O)CC(=O)O)C(=O)NCCCC[C@@H](C(=O)O)N(CC(=O)O)CC(=O)O)C(=O)NCCCC[C@@H](C(=O)O)N(CC(=O)O)CC(=O)O)C(=O)O. The molecular weight excluding hydrogens is 1640 g/mol. The van der Waals surface area contributed by atoms with Crippen molar-refractivity contribution < 1.29 is 172 Å². The van der Waals surface area contributed by atoms with Gasteiger partial charge in [-0.25, -0.2) is 4.79 Å². The van der Waals surface area contributed by atoms with E-state index in [-0.39, 0.29) is 142 Å². The molecule has 21 N–H and O–H groups in total. The number of aliphatic carboxylic acids is 12. The monoisotopic (exact) mass is 1740 g/mol. The number of amides is 7. The van der Waals surface area contributed by atoms with Crippen LogP contribution >= 0.6 is 0 Å². The van der Waals surface area contributed by atoms with Gasteiger partial charge in [0.05, 0.1) is 57.9 Å². The summed E-state index contributed by atoms with van der Waals surface area (Å²) in [4.78, 5) is 269. The van der Waals surface area contributed by atoms with Gasteiger partial charge in [-0.15, -0.1) is 0 Å². The highest BCUT2D eigenvalue weighted by Gasteiger charge is 2.36. The number of phenols is 1. The topological polar surface area (TPSA) is 752 Å². The molecule has 1 aliphatic carbocycles. The summed E-state index contributed by atoms with van der Waals surface area (Å²) in [6.07, 6.45) is -5.88. The highest BCUT2D eigenvalue weighted by Crippen LogP contribution is 2.42. The Morgan fingerprint density at radius 1 is 0.341 bits per heavy atom. The molecule has 0 fully saturated rings. The molecule has 0 spiro atoms. The molecule has 47 nitrogen and oxygen atoms in total. The van der Waals surface area contributed by atoms with Gasteiger partial charge in [0, 0.05) is 79.7 Å². The van der Waals surface area contributed by atoms with E-state index in [2.05, 4.69) is 37.2 Å². The standard InChI is InChI=1S/C76H97N11O36/c88-41-14-17-44-54(30-41)123-55-31-42(89)15-18-45(55)67(44)46-29-40(13-16-43(46)72(113)114)68(109)82-49(71(112)83-48(70(111)80-28-8-4-12-53(76(121)122)87(38-65(105)106)39-66(107)108)20-23-57(91)78-26-6-2-10-51(74(117)118)85(34-61(97)98)35-62(99)100)21-24-58(92)81-47(69(110)79-27-7-3-11-52(75(119)120)86(36-63(101)102)37-64(103)104)19-22-56(90)77-25-5-1-9-50(73(115)116)84(32-59(93)94)33-60(95)96/h13-18,29-31,47-53,88H,1-12,19-28,32-39H2,(H,77,90)(H,78,91)(H,79,110)(H,80,111)(H,81,92)(H,82,109)(H,83,112)(H,93,94)(H,95,96)(H,97,98)(H,99,100)(H,101,102)(H,103,104)(H,105,106)(H,107,108)(H,113,114)(H,115,116)(H,117,118)(H,119,120)(H,121,122)/t47-,48-,49-,50-,51-,52-,53-/m0/s1. The summed E-state index contributed by atoms with van der Waals surface area (Å²) in [5, 5.41) is 153. The fraction of sp³-hybridized carbons (Fsp3) is 0.487. The average molecular weight is 1740 g/mol. The summed E-state index contributed by atoms with van der Waals surface area (Å²) in [5.41, 5.74) is -1.59. The Kier molecular flexibility index (Phi) is 42.0. The van der Waals surface area contributed by atoms with E-state index in [0.717, 1.165) is 36.4 Å². The summed E-state index contributed by atoms with van der Waals surface area (Å²) in [6.45, 7) is -8.85. The second kappa shape index (κ2) is 50.9. The number of carbonyl (C=O) groups is 20. The first kappa shape index (κ1) is 102. The van der Waals surface area contributed by atoms with Crippen LogP contribution in [-0.4, -0.2) is 331 Å². The van der Waals surface area contributed by atoms with Crippen molar-refractivity contribution in [1.29, 1.82) is 0 Å². The van der Waals surface area contributed by atoms with E-state index >= 15 is 4.79 Å². The second-order valence-electron chi connectivity index (χ2n) is 28.2. The molecule has 4 rings (SSSR count). The third-order valence-corrected chi connectivity index (χ3v) is 18.8. The van der Waals surface area contributed by atoms with Crippen LogP contribution in [0.4, 0.5) is 0 Å². The van der Waals surface area contributed by atoms with Crippen molar-refractivity contribution in [1.82, 2.24) is 56.8 Å². The van der Waals surface area contributed by atoms with Gasteiger partial charge < -0.3 is 113 Å². The quantitative estimate of drug-likeness (QED) is 0.0172. The van der Waals surface area contributed by atoms with Gasteiger partial charge in [0.1, 0.15) is 59.4 Å². The fourth-order valence-corrected chi connectivity index (χ4v) is 13.1. The summed E-state index contributed by atoms with van der Waals surface area (Å²) in [7, 11) is 0. The minimum Gasteiger partial charge on any atom is -0.508 e. The van der Waals surface area contributed by atoms with Gasteiger partial charge in [0.25, 0.3) is 5.91 Å². The number of carbonyl (C=O) groups excluding carboxylic acids is 7. The number of fused-ring (bicyclic) bond motifs is 2. The molecule has 2 aromatic rings. The van der Waals surface area contributed by atoms with E-state index in [9.17, 15) is 167 Å². The first-order valence-electron chi connectivity index (χ1n) is 38.1. The number of carboxylic acids is 13. The number of carboxylic acid groups (broad SMARTS) is 13. The number of hydrogen-bond donors (Lipinski definition) is 21. The van der Waals surface area contributed by atoms with E-state index in [0.29, 0.717) is 19.6 Å². The largest absolute Gasteiger partial charge is 0.508 e. The number of hydrogen-bond acceptors (Lipinski definition) is 27. The van der Waals surface area contributed by atoms with Crippen LogP contribution in [-0.2, 0) is 86.3 Å². The van der Waals surface area contributed by atoms with E-state index in [1.165, 1.54) is 18.2 Å². The van der Waals surface area contributed by atoms with E-state index in [1.807, 2.05) is 0 Å². The molecule has 2 aliphatic rings. The second-order valence-corrected chi connectivity index (χ2v) is 28.2. The van der Waals surface area contributed by atoms with Crippen molar-refractivity contribution in [2.75, 3.05) is 78.5 Å². The maximum atomic E-state index is 15.1. The molecule has 47 heteroatoms. The maximum absolute atomic E-state index is 15.1. The zero-order valence-corrected chi connectivity index (χ0v) is 66.0. The molecule has 7 amide bonds. The average Bonchev–Trinajstić information content (AvgIpc) is 0.745. The van der Waals surface area contributed by atoms with Crippen LogP contribution in [0.15, 0.2) is 63.8 Å². The minimum absolute atomic E-state index is 0.00200. The van der Waals surface area contributed by atoms with Crippen LogP contribution in [0, 0.1) is 0 Å². The zero-order chi connectivity index (χ0) is 91.9. The lowest BCUT2D eigenvalue weighted by molar-refractivity contribution is -0.152. The Morgan fingerprint density at radius 2 is 0.691 bits per heavy atom. The summed E-state index contributed by atoms with van der Waals surface area (Å²) in [6, 6.07) is -1.78. The van der Waals surface area contributed by atoms with Gasteiger partial charge in [-0.05, 0) is 144 Å². The number of phenolic OH excluding ortho intramolecular Hbond substituents is 1. The summed E-state index contributed by atoms with van der Waals surface area (Å²) in [5.74, 6) is -28.0. The molecule has 0 aromatic heterocycles. The Morgan fingerprint density at radius 3 is 1.05 bits per heavy atom. The molecule has 672 valence electrons. The highest BCUT2D eigenvalue weighted by molar-refractivity contribution is 6.10. The third-order valence-electron chi connectivity index (χ3n) is 18.8. The lowest BCUT2D eigenvalue weighted by atomic mass is 9.89. The number of aromatic hydroxyl groups is 1. The number of rotatable bonds is 62. The molecule has 0 radical (unpaired) electrons. The van der Waals surface area contributed by atoms with Crippen molar-refractivity contribution >= 4 is 130 Å². The smallest absolute Gasteiger partial charge is 0.336 e. The van der Waals surface area contributed by atoms with E-state index in [4.69, 9.17) is 4.42 Å². The summed E-state index contributed by atoms with van der Waals surface area (Å²) >= 11 is 0. The van der Waals surface area contributed by atoms with E-state index < -0.39 is 269 Å². The predicted octanol–water partition coefficient (Wildman–Crippen LogP) is -1.78. The number of unbranched alkanes of at least 4 members (excludes halogenated alkanes) is 4. The number of nitrogens with one attached hydrogen (secondary N) is 7.